The number of nitrogens with zero attached hydrogens (tertiary/aromatic N) is 1. The number of aliphatic carboxylic acids is 1. The molecule has 0 aliphatic rings. The first-order valence-corrected chi connectivity index (χ1v) is 14.4. The van der Waals surface area contributed by atoms with Gasteiger partial charge >= 0.3 is 5.97 Å². The van der Waals surface area contributed by atoms with Crippen LogP contribution in [0.3, 0.4) is 0 Å². The highest BCUT2D eigenvalue weighted by Gasteiger charge is 2.38. The lowest BCUT2D eigenvalue weighted by Crippen LogP contribution is -2.54. The molecule has 0 radical (unpaired) electrons. The smallest absolute Gasteiger partial charge is 0.362 e. The molecule has 0 bridgehead atoms. The van der Waals surface area contributed by atoms with E-state index in [1.54, 1.807) is 0 Å². The van der Waals surface area contributed by atoms with Gasteiger partial charge in [0.2, 0.25) is 0 Å². The van der Waals surface area contributed by atoms with Gasteiger partial charge in [-0.15, -0.1) is 0 Å². The Morgan fingerprint density at radius 1 is 0.706 bits per heavy atom. The number of quaternary nitrogens is 1. The number of carboxylic acids is 1. The number of hydrogen-bond donors (Lipinski definition) is 1. The third-order valence-corrected chi connectivity index (χ3v) is 7.30. The van der Waals surface area contributed by atoms with E-state index in [1.807, 2.05) is 27.2 Å². The lowest BCUT2D eigenvalue weighted by Gasteiger charge is -2.36. The molecule has 0 saturated carbocycles. The van der Waals surface area contributed by atoms with Crippen LogP contribution >= 0.6 is 0 Å². The van der Waals surface area contributed by atoms with E-state index in [0.29, 0.717) is 4.48 Å². The average molecular weight is 475 g/mol. The highest BCUT2D eigenvalue weighted by atomic mass is 16.4. The molecule has 0 spiro atoms. The fourth-order valence-corrected chi connectivity index (χ4v) is 5.41. The molecule has 0 aliphatic heterocycles. The van der Waals surface area contributed by atoms with Gasteiger partial charge in [0, 0.05) is 5.92 Å². The third kappa shape index (κ3) is 14.8. The van der Waals surface area contributed by atoms with E-state index in [-0.39, 0.29) is 12.0 Å². The number of carboxylic acid groups (broad SMARTS) is 1. The van der Waals surface area contributed by atoms with Crippen LogP contribution in [0.1, 0.15) is 122 Å². The third-order valence-electron chi connectivity index (χ3n) is 7.30. The van der Waals surface area contributed by atoms with Crippen LogP contribution in [0.15, 0.2) is 30.3 Å². The second-order valence-corrected chi connectivity index (χ2v) is 11.4. The lowest BCUT2D eigenvalue weighted by atomic mass is 9.86. The molecular formula is C31H56NO2+. The number of benzene rings is 1. The molecule has 1 aromatic rings. The van der Waals surface area contributed by atoms with E-state index >= 15 is 0 Å². The monoisotopic (exact) mass is 474 g/mol. The zero-order valence-corrected chi connectivity index (χ0v) is 23.1. The highest BCUT2D eigenvalue weighted by molar-refractivity contribution is 5.72. The van der Waals surface area contributed by atoms with Crippen molar-refractivity contribution in [2.24, 2.45) is 5.92 Å². The second-order valence-electron chi connectivity index (χ2n) is 11.4. The first kappa shape index (κ1) is 30.7. The zero-order valence-electron chi connectivity index (χ0n) is 23.1. The predicted molar refractivity (Wildman–Crippen MR) is 147 cm³/mol. The van der Waals surface area contributed by atoms with E-state index in [2.05, 4.69) is 31.2 Å². The molecule has 2 atom stereocenters. The maximum absolute atomic E-state index is 12.1. The molecule has 0 fully saturated rings. The van der Waals surface area contributed by atoms with Gasteiger partial charge in [0.15, 0.2) is 6.04 Å². The molecule has 2 unspecified atom stereocenters. The van der Waals surface area contributed by atoms with Crippen molar-refractivity contribution < 1.29 is 14.4 Å². The Balaban J connectivity index is 2.18. The van der Waals surface area contributed by atoms with Crippen LogP contribution in [-0.2, 0) is 11.2 Å². The van der Waals surface area contributed by atoms with E-state index < -0.39 is 5.97 Å². The van der Waals surface area contributed by atoms with Crippen LogP contribution < -0.4 is 0 Å². The summed E-state index contributed by atoms with van der Waals surface area (Å²) in [6.07, 6.45) is 23.8. The first-order valence-electron chi connectivity index (χ1n) is 14.4. The van der Waals surface area contributed by atoms with Gasteiger partial charge in [-0.2, -0.15) is 0 Å². The summed E-state index contributed by atoms with van der Waals surface area (Å²) in [6, 6.07) is 10.1. The summed E-state index contributed by atoms with van der Waals surface area (Å²) in [7, 11) is 6.05. The summed E-state index contributed by atoms with van der Waals surface area (Å²) in [6.45, 7) is 2.28. The molecule has 0 heterocycles. The number of rotatable bonds is 22. The minimum Gasteiger partial charge on any atom is -0.477 e. The van der Waals surface area contributed by atoms with Gasteiger partial charge in [-0.1, -0.05) is 140 Å². The van der Waals surface area contributed by atoms with Crippen LogP contribution in [0, 0.1) is 5.92 Å². The Morgan fingerprint density at radius 2 is 1.12 bits per heavy atom. The molecule has 0 aromatic heterocycles. The summed E-state index contributed by atoms with van der Waals surface area (Å²) in [5.74, 6) is -0.489. The van der Waals surface area contributed by atoms with Crippen molar-refractivity contribution in [2.75, 3.05) is 21.1 Å². The highest BCUT2D eigenvalue weighted by Crippen LogP contribution is 2.26. The standard InChI is InChI=1S/C31H55NO2/c1-5-6-7-8-9-10-11-12-13-14-15-16-17-18-19-23-26-29(27-28-24-21-20-22-25-28)30(31(33)34)32(2,3)4/h20-22,24-25,29-30H,5-19,23,26-27H2,1-4H3/p+1. The normalized spacial score (nSPS) is 13.6. The summed E-state index contributed by atoms with van der Waals surface area (Å²) < 4.78 is 0.478. The van der Waals surface area contributed by atoms with Gasteiger partial charge in [-0.25, -0.2) is 4.79 Å². The molecule has 0 amide bonds. The van der Waals surface area contributed by atoms with Crippen molar-refractivity contribution in [1.29, 1.82) is 0 Å². The predicted octanol–water partition coefficient (Wildman–Crippen LogP) is 8.66. The summed E-state index contributed by atoms with van der Waals surface area (Å²) in [4.78, 5) is 12.1. The van der Waals surface area contributed by atoms with E-state index in [4.69, 9.17) is 0 Å². The number of hydrogen-bond acceptors (Lipinski definition) is 1. The molecule has 0 aliphatic carbocycles. The maximum atomic E-state index is 12.1. The molecule has 34 heavy (non-hydrogen) atoms. The van der Waals surface area contributed by atoms with Gasteiger partial charge in [-0.3, -0.25) is 0 Å². The van der Waals surface area contributed by atoms with E-state index in [1.165, 1.54) is 102 Å². The summed E-state index contributed by atoms with van der Waals surface area (Å²) in [5.41, 5.74) is 1.25. The molecular weight excluding hydrogens is 418 g/mol. The Morgan fingerprint density at radius 3 is 1.50 bits per heavy atom. The van der Waals surface area contributed by atoms with Gasteiger partial charge in [-0.05, 0) is 18.4 Å². The van der Waals surface area contributed by atoms with Gasteiger partial charge < -0.3 is 9.59 Å². The molecule has 0 saturated heterocycles. The Bertz CT molecular complexity index is 608. The fourth-order valence-electron chi connectivity index (χ4n) is 5.41. The van der Waals surface area contributed by atoms with E-state index in [9.17, 15) is 9.90 Å². The molecule has 1 rings (SSSR count). The van der Waals surface area contributed by atoms with Crippen molar-refractivity contribution in [1.82, 2.24) is 0 Å². The quantitative estimate of drug-likeness (QED) is 0.135. The topological polar surface area (TPSA) is 37.3 Å². The number of unbranched alkanes of at least 4 members (excludes halogenated alkanes) is 15. The van der Waals surface area contributed by atoms with Crippen LogP contribution in [0.25, 0.3) is 0 Å². The SMILES string of the molecule is CCCCCCCCCCCCCCCCCCC(Cc1ccccc1)C(C(=O)O)[N+](C)(C)C. The van der Waals surface area contributed by atoms with Crippen molar-refractivity contribution in [3.8, 4) is 0 Å². The van der Waals surface area contributed by atoms with Crippen LogP contribution in [0.4, 0.5) is 0 Å². The molecule has 1 aromatic carbocycles. The zero-order chi connectivity index (χ0) is 25.1. The fraction of sp³-hybridized carbons (Fsp3) is 0.774. The Kier molecular flexibility index (Phi) is 17.1. The largest absolute Gasteiger partial charge is 0.477 e. The molecule has 1 N–H and O–H groups in total. The van der Waals surface area contributed by atoms with Crippen LogP contribution in [0.5, 0.6) is 0 Å². The molecule has 196 valence electrons. The average Bonchev–Trinajstić information content (AvgIpc) is 2.78. The van der Waals surface area contributed by atoms with Crippen molar-refractivity contribution >= 4 is 5.97 Å². The Hall–Kier alpha value is -1.35. The van der Waals surface area contributed by atoms with Gasteiger partial charge in [0.1, 0.15) is 0 Å². The first-order chi connectivity index (χ1) is 16.4. The van der Waals surface area contributed by atoms with Crippen molar-refractivity contribution in [3.63, 3.8) is 0 Å². The lowest BCUT2D eigenvalue weighted by molar-refractivity contribution is -0.891. The minimum atomic E-state index is -0.662. The van der Waals surface area contributed by atoms with Gasteiger partial charge in [0.05, 0.1) is 21.1 Å². The summed E-state index contributed by atoms with van der Waals surface area (Å²) in [5, 5.41) is 9.98. The summed E-state index contributed by atoms with van der Waals surface area (Å²) >= 11 is 0. The van der Waals surface area contributed by atoms with Gasteiger partial charge in [0.25, 0.3) is 0 Å². The second kappa shape index (κ2) is 18.9. The number of likely N-dealkylation sites (N-methyl/N-ethyl adjacent to an activating group) is 1. The Labute approximate surface area is 211 Å². The molecule has 3 nitrogen and oxygen atoms in total. The van der Waals surface area contributed by atoms with Crippen LogP contribution in [0.2, 0.25) is 0 Å². The van der Waals surface area contributed by atoms with Crippen molar-refractivity contribution in [3.05, 3.63) is 35.9 Å². The number of carbonyl (C=O) groups is 1. The van der Waals surface area contributed by atoms with Crippen molar-refractivity contribution in [2.45, 2.75) is 129 Å². The molecule has 3 heteroatoms. The maximum Gasteiger partial charge on any atom is 0.362 e. The van der Waals surface area contributed by atoms with Crippen LogP contribution in [-0.4, -0.2) is 42.7 Å². The minimum absolute atomic E-state index is 0.173. The van der Waals surface area contributed by atoms with E-state index in [0.717, 1.165) is 19.3 Å².